The number of hydrogen-bond donors (Lipinski definition) is 0. The van der Waals surface area contributed by atoms with Crippen molar-refractivity contribution in [3.05, 3.63) is 140 Å². The minimum absolute atomic E-state index is 0.0296. The minimum Gasteiger partial charge on any atom is -0.489 e. The Labute approximate surface area is 573 Å². The Morgan fingerprint density at radius 3 is 0.740 bits per heavy atom. The number of hydrogen-bond acceptors (Lipinski definition) is 16. The van der Waals surface area contributed by atoms with E-state index in [1.54, 1.807) is 13.8 Å². The molecule has 1 aliphatic carbocycles. The van der Waals surface area contributed by atoms with E-state index in [9.17, 15) is 28.8 Å². The fourth-order valence-electron chi connectivity index (χ4n) is 12.1. The van der Waals surface area contributed by atoms with Crippen LogP contribution in [0.15, 0.2) is 72.8 Å². The Balaban J connectivity index is 1.94. The van der Waals surface area contributed by atoms with Crippen LogP contribution in [0.5, 0.6) is 23.0 Å². The molecule has 0 spiro atoms. The van der Waals surface area contributed by atoms with Crippen LogP contribution in [0.2, 0.25) is 0 Å². The second kappa shape index (κ2) is 45.0. The van der Waals surface area contributed by atoms with Crippen molar-refractivity contribution in [2.24, 2.45) is 0 Å². The number of esters is 6. The first-order valence-corrected chi connectivity index (χ1v) is 35.7. The molecule has 0 aromatic heterocycles. The van der Waals surface area contributed by atoms with E-state index >= 15 is 0 Å². The van der Waals surface area contributed by atoms with Crippen LogP contribution in [-0.2, 0) is 109 Å². The number of unbranched alkanes of at least 4 members (excludes halogenated alkanes) is 16. The average Bonchev–Trinajstić information content (AvgIpc) is 0.789. The van der Waals surface area contributed by atoms with Gasteiger partial charge in [0.15, 0.2) is 0 Å². The quantitative estimate of drug-likeness (QED) is 0.0117. The van der Waals surface area contributed by atoms with Crippen LogP contribution < -0.4 is 18.9 Å². The smallest absolute Gasteiger partial charge is 0.333 e. The maximum Gasteiger partial charge on any atom is 0.333 e. The van der Waals surface area contributed by atoms with Crippen molar-refractivity contribution in [2.45, 2.75) is 234 Å². The Morgan fingerprint density at radius 2 is 0.531 bits per heavy atom. The predicted molar refractivity (Wildman–Crippen MR) is 376 cm³/mol. The van der Waals surface area contributed by atoms with E-state index in [0.717, 1.165) is 221 Å². The summed E-state index contributed by atoms with van der Waals surface area (Å²) in [5, 5.41) is 0. The maximum atomic E-state index is 13.0. The first kappa shape index (κ1) is 79.1. The summed E-state index contributed by atoms with van der Waals surface area (Å²) in [4.78, 5) is 76.0. The van der Waals surface area contributed by atoms with E-state index in [2.05, 4.69) is 89.4 Å². The number of fused-ring (bicyclic) bond motifs is 8. The molecular weight excluding hydrogens is 1220 g/mol. The van der Waals surface area contributed by atoms with Crippen LogP contribution >= 0.6 is 0 Å². The van der Waals surface area contributed by atoms with Crippen molar-refractivity contribution >= 4 is 35.8 Å². The SMILES string of the molecule is C=C(C)C(=O)OCCOc1c2cc(CCCCCCC)cc1Cc1cc(CCCCCCC)cc(c1OCCOC(=O)C(=C)C)Cc1cc(CCCCCCC)cc(c1OCCOC(=O)CC(=O)OC)Cc1cc(CCCCCCC)cc(c1OCCOC(=O)CC(=O)OC)C2. The Morgan fingerprint density at radius 1 is 0.312 bits per heavy atom. The molecule has 1 aliphatic rings. The molecule has 0 N–H and O–H groups in total. The molecule has 4 aromatic rings. The van der Waals surface area contributed by atoms with Crippen molar-refractivity contribution in [3.63, 3.8) is 0 Å². The summed E-state index contributed by atoms with van der Waals surface area (Å²) in [5.74, 6) is -1.43. The lowest BCUT2D eigenvalue weighted by molar-refractivity contribution is -0.155. The number of methoxy groups -OCH3 is 2. The van der Waals surface area contributed by atoms with Gasteiger partial charge < -0.3 is 47.4 Å². The van der Waals surface area contributed by atoms with Gasteiger partial charge in [0.2, 0.25) is 0 Å². The van der Waals surface area contributed by atoms with Gasteiger partial charge in [0, 0.05) is 36.8 Å². The highest BCUT2D eigenvalue weighted by atomic mass is 16.6. The third kappa shape index (κ3) is 28.6. The van der Waals surface area contributed by atoms with Crippen molar-refractivity contribution in [1.29, 1.82) is 0 Å². The zero-order chi connectivity index (χ0) is 69.5. The molecule has 0 saturated heterocycles. The molecule has 0 saturated carbocycles. The lowest BCUT2D eigenvalue weighted by Gasteiger charge is -2.25. The van der Waals surface area contributed by atoms with Crippen LogP contribution in [0, 0.1) is 0 Å². The van der Waals surface area contributed by atoms with Crippen molar-refractivity contribution in [1.82, 2.24) is 0 Å². The summed E-state index contributed by atoms with van der Waals surface area (Å²) in [5.41, 5.74) is 12.2. The van der Waals surface area contributed by atoms with E-state index in [4.69, 9.17) is 47.4 Å². The number of carbonyl (C=O) groups is 6. The number of aryl methyl sites for hydroxylation is 4. The normalized spacial score (nSPS) is 11.7. The summed E-state index contributed by atoms with van der Waals surface area (Å²) in [7, 11) is 2.44. The second-order valence-electron chi connectivity index (χ2n) is 25.5. The highest BCUT2D eigenvalue weighted by Gasteiger charge is 2.26. The van der Waals surface area contributed by atoms with Gasteiger partial charge in [-0.1, -0.05) is 192 Å². The zero-order valence-corrected chi connectivity index (χ0v) is 59.4. The fraction of sp³-hybridized carbons (Fsp3) is 0.575. The fourth-order valence-corrected chi connectivity index (χ4v) is 12.1. The maximum absolute atomic E-state index is 13.0. The largest absolute Gasteiger partial charge is 0.489 e. The molecule has 0 unspecified atom stereocenters. The van der Waals surface area contributed by atoms with Crippen molar-refractivity contribution in [3.8, 4) is 23.0 Å². The van der Waals surface area contributed by atoms with Gasteiger partial charge in [-0.2, -0.15) is 0 Å². The number of benzene rings is 4. The molecular formula is C80H112O16. The molecule has 528 valence electrons. The molecule has 0 radical (unpaired) electrons. The molecule has 0 amide bonds. The van der Waals surface area contributed by atoms with Crippen LogP contribution in [0.1, 0.15) is 250 Å². The molecule has 0 aliphatic heterocycles. The summed E-state index contributed by atoms with van der Waals surface area (Å²) in [6, 6.07) is 18.0. The summed E-state index contributed by atoms with van der Waals surface area (Å²) in [6.07, 6.45) is 25.2. The van der Waals surface area contributed by atoms with E-state index < -0.39 is 48.7 Å². The van der Waals surface area contributed by atoms with Crippen LogP contribution in [-0.4, -0.2) is 103 Å². The standard InChI is InChI=1S/C80H112O16/c1-11-15-19-23-27-31-59-43-63-51-64-44-60(32-28-24-20-16-12-2)46-66(76(64)92-38-36-90-74(84)56-72(82)88-10)53-68-48-62(34-30-26-22-18-14-4)50-70(78(68)94-40-42-96-80(86)58(7)8)54-69-49-61(33-29-25-21-17-13-3)47-67(77(69)93-39-41-95-79(85)57(5)6)52-65(45-59)75(63)91-37-35-89-73(83)55-71(81)87-9/h43-50H,5,7,11-42,51-56H2,1-4,6,8-10H3. The lowest BCUT2D eigenvalue weighted by atomic mass is 9.87. The summed E-state index contributed by atoms with van der Waals surface area (Å²) >= 11 is 0. The van der Waals surface area contributed by atoms with Gasteiger partial charge in [0.1, 0.15) is 88.7 Å². The van der Waals surface area contributed by atoms with Gasteiger partial charge in [0.25, 0.3) is 0 Å². The third-order valence-electron chi connectivity index (χ3n) is 17.1. The number of rotatable bonds is 46. The molecule has 0 heterocycles. The topological polar surface area (TPSA) is 195 Å². The van der Waals surface area contributed by atoms with Gasteiger partial charge in [-0.05, 0) is 132 Å². The first-order chi connectivity index (χ1) is 46.5. The van der Waals surface area contributed by atoms with Crippen LogP contribution in [0.4, 0.5) is 0 Å². The van der Waals surface area contributed by atoms with Crippen molar-refractivity contribution in [2.75, 3.05) is 67.1 Å². The van der Waals surface area contributed by atoms with E-state index in [0.29, 0.717) is 48.7 Å². The highest BCUT2D eigenvalue weighted by molar-refractivity contribution is 5.91. The summed E-state index contributed by atoms with van der Waals surface area (Å²) < 4.78 is 60.2. The van der Waals surface area contributed by atoms with Crippen LogP contribution in [0.3, 0.4) is 0 Å². The summed E-state index contributed by atoms with van der Waals surface area (Å²) in [6.45, 7) is 19.4. The predicted octanol–water partition coefficient (Wildman–Crippen LogP) is 16.4. The molecule has 16 heteroatoms. The van der Waals surface area contributed by atoms with Gasteiger partial charge in [-0.3, -0.25) is 19.2 Å². The van der Waals surface area contributed by atoms with Gasteiger partial charge in [-0.25, -0.2) is 9.59 Å². The molecule has 16 nitrogen and oxygen atoms in total. The Bertz CT molecular complexity index is 2930. The Kier molecular flexibility index (Phi) is 37.1. The van der Waals surface area contributed by atoms with E-state index in [-0.39, 0.29) is 64.0 Å². The average molecular weight is 1330 g/mol. The van der Waals surface area contributed by atoms with Gasteiger partial charge >= 0.3 is 35.8 Å². The zero-order valence-electron chi connectivity index (χ0n) is 59.4. The second-order valence-corrected chi connectivity index (χ2v) is 25.5. The molecule has 0 atom stereocenters. The van der Waals surface area contributed by atoms with Crippen molar-refractivity contribution < 1.29 is 76.1 Å². The van der Waals surface area contributed by atoms with E-state index in [1.165, 1.54) is 14.2 Å². The lowest BCUT2D eigenvalue weighted by Crippen LogP contribution is -2.18. The van der Waals surface area contributed by atoms with Gasteiger partial charge in [-0.15, -0.1) is 0 Å². The minimum atomic E-state index is -0.735. The van der Waals surface area contributed by atoms with Crippen LogP contribution in [0.25, 0.3) is 0 Å². The Hall–Kier alpha value is -7.62. The number of carbonyl (C=O) groups excluding carboxylic acids is 6. The van der Waals surface area contributed by atoms with E-state index in [1.807, 2.05) is 0 Å². The molecule has 8 bridgehead atoms. The molecule has 0 fully saturated rings. The molecule has 96 heavy (non-hydrogen) atoms. The van der Waals surface area contributed by atoms with Gasteiger partial charge in [0.05, 0.1) is 14.2 Å². The first-order valence-electron chi connectivity index (χ1n) is 35.7. The number of ether oxygens (including phenoxy) is 10. The molecule has 5 rings (SSSR count). The highest BCUT2D eigenvalue weighted by Crippen LogP contribution is 2.42. The monoisotopic (exact) mass is 1330 g/mol. The third-order valence-corrected chi connectivity index (χ3v) is 17.1. The molecule has 4 aromatic carbocycles.